The lowest BCUT2D eigenvalue weighted by Crippen LogP contribution is -2.27. The van der Waals surface area contributed by atoms with Gasteiger partial charge in [0.1, 0.15) is 0 Å². The van der Waals surface area contributed by atoms with Crippen LogP contribution in [0.25, 0.3) is 10.9 Å². The number of hydrogen-bond donors (Lipinski definition) is 2. The zero-order chi connectivity index (χ0) is 18.2. The number of para-hydroxylation sites is 1. The van der Waals surface area contributed by atoms with Crippen LogP contribution in [0.4, 0.5) is 0 Å². The quantitative estimate of drug-likeness (QED) is 0.754. The Kier molecular flexibility index (Phi) is 4.49. The van der Waals surface area contributed by atoms with Gasteiger partial charge in [0.15, 0.2) is 0 Å². The number of benzene rings is 2. The molecule has 0 amide bonds. The van der Waals surface area contributed by atoms with E-state index in [0.29, 0.717) is 5.56 Å². The van der Waals surface area contributed by atoms with E-state index in [0.717, 1.165) is 27.6 Å². The van der Waals surface area contributed by atoms with E-state index in [-0.39, 0.29) is 17.0 Å². The van der Waals surface area contributed by atoms with Crippen molar-refractivity contribution in [3.05, 3.63) is 75.1 Å². The average molecular weight is 356 g/mol. The molecule has 0 aliphatic rings. The molecule has 0 fully saturated rings. The highest BCUT2D eigenvalue weighted by Crippen LogP contribution is 2.17. The first-order valence-corrected chi connectivity index (χ1v) is 9.45. The molecule has 130 valence electrons. The van der Waals surface area contributed by atoms with E-state index in [4.69, 9.17) is 0 Å². The number of nitrogens with one attached hydrogen (secondary N) is 2. The summed E-state index contributed by atoms with van der Waals surface area (Å²) >= 11 is 0. The monoisotopic (exact) mass is 356 g/mol. The molecule has 5 nitrogen and oxygen atoms in total. The Morgan fingerprint density at radius 3 is 2.44 bits per heavy atom. The first kappa shape index (κ1) is 17.4. The Bertz CT molecular complexity index is 1120. The number of hydrogen-bond acceptors (Lipinski definition) is 3. The van der Waals surface area contributed by atoms with Crippen LogP contribution in [0.3, 0.4) is 0 Å². The van der Waals surface area contributed by atoms with Crippen LogP contribution in [0.1, 0.15) is 22.3 Å². The normalized spacial score (nSPS) is 11.8. The fourth-order valence-corrected chi connectivity index (χ4v) is 3.79. The second-order valence-corrected chi connectivity index (χ2v) is 8.00. The Hall–Kier alpha value is -2.44. The standard InChI is InChI=1S/C19H20N2O3S/c1-12-7-8-17(9-14(12)3)25(23,24)20-11-16-10-15-6-4-5-13(2)18(15)21-19(16)22/h4-10,20H,11H2,1-3H3,(H,21,22). The maximum Gasteiger partial charge on any atom is 0.252 e. The molecule has 6 heteroatoms. The number of H-pyrrole nitrogens is 1. The van der Waals surface area contributed by atoms with E-state index in [1.54, 1.807) is 24.3 Å². The molecule has 3 aromatic rings. The third-order valence-electron chi connectivity index (χ3n) is 4.41. The number of aryl methyl sites for hydroxylation is 3. The smallest absolute Gasteiger partial charge is 0.252 e. The minimum absolute atomic E-state index is 0.0610. The highest BCUT2D eigenvalue weighted by Gasteiger charge is 2.15. The number of sulfonamides is 1. The second kappa shape index (κ2) is 6.46. The van der Waals surface area contributed by atoms with E-state index in [2.05, 4.69) is 9.71 Å². The van der Waals surface area contributed by atoms with Crippen molar-refractivity contribution >= 4 is 20.9 Å². The molecule has 0 saturated carbocycles. The largest absolute Gasteiger partial charge is 0.321 e. The van der Waals surface area contributed by atoms with Gasteiger partial charge in [-0.15, -0.1) is 0 Å². The van der Waals surface area contributed by atoms with Crippen molar-refractivity contribution in [1.29, 1.82) is 0 Å². The summed E-state index contributed by atoms with van der Waals surface area (Å²) in [5, 5.41) is 0.875. The van der Waals surface area contributed by atoms with Gasteiger partial charge in [0.25, 0.3) is 5.56 Å². The number of fused-ring (bicyclic) bond motifs is 1. The molecule has 1 heterocycles. The van der Waals surface area contributed by atoms with Gasteiger partial charge in [-0.3, -0.25) is 4.79 Å². The fourth-order valence-electron chi connectivity index (χ4n) is 2.70. The van der Waals surface area contributed by atoms with Crippen molar-refractivity contribution in [3.63, 3.8) is 0 Å². The van der Waals surface area contributed by atoms with Gasteiger partial charge in [-0.05, 0) is 61.0 Å². The summed E-state index contributed by atoms with van der Waals surface area (Å²) in [6.45, 7) is 5.65. The summed E-state index contributed by atoms with van der Waals surface area (Å²) in [5.74, 6) is 0. The molecule has 0 atom stereocenters. The first-order valence-electron chi connectivity index (χ1n) is 7.96. The van der Waals surface area contributed by atoms with Crippen molar-refractivity contribution in [2.75, 3.05) is 0 Å². The highest BCUT2D eigenvalue weighted by atomic mass is 32.2. The van der Waals surface area contributed by atoms with Crippen LogP contribution in [-0.4, -0.2) is 13.4 Å². The number of aromatic amines is 1. The van der Waals surface area contributed by atoms with Gasteiger partial charge >= 0.3 is 0 Å². The molecule has 1 aromatic heterocycles. The van der Waals surface area contributed by atoms with Gasteiger partial charge < -0.3 is 4.98 Å². The van der Waals surface area contributed by atoms with Gasteiger partial charge in [-0.2, -0.15) is 0 Å². The fraction of sp³-hybridized carbons (Fsp3) is 0.211. The van der Waals surface area contributed by atoms with Gasteiger partial charge in [0.05, 0.1) is 10.4 Å². The minimum atomic E-state index is -3.68. The van der Waals surface area contributed by atoms with Crippen LogP contribution in [0.5, 0.6) is 0 Å². The molecule has 0 saturated heterocycles. The predicted molar refractivity (Wildman–Crippen MR) is 99.2 cm³/mol. The minimum Gasteiger partial charge on any atom is -0.321 e. The van der Waals surface area contributed by atoms with Crippen LogP contribution >= 0.6 is 0 Å². The molecule has 25 heavy (non-hydrogen) atoms. The summed E-state index contributed by atoms with van der Waals surface area (Å²) in [7, 11) is -3.68. The molecule has 0 bridgehead atoms. The second-order valence-electron chi connectivity index (χ2n) is 6.23. The molecule has 0 radical (unpaired) electrons. The zero-order valence-electron chi connectivity index (χ0n) is 14.4. The summed E-state index contributed by atoms with van der Waals surface area (Å²) < 4.78 is 27.5. The van der Waals surface area contributed by atoms with E-state index in [1.807, 2.05) is 39.0 Å². The van der Waals surface area contributed by atoms with Crippen molar-refractivity contribution in [1.82, 2.24) is 9.71 Å². The molecule has 0 spiro atoms. The number of pyridine rings is 1. The third-order valence-corrected chi connectivity index (χ3v) is 5.81. The van der Waals surface area contributed by atoms with Gasteiger partial charge in [0.2, 0.25) is 10.0 Å². The van der Waals surface area contributed by atoms with Crippen LogP contribution in [0, 0.1) is 20.8 Å². The van der Waals surface area contributed by atoms with Crippen molar-refractivity contribution < 1.29 is 8.42 Å². The van der Waals surface area contributed by atoms with Gasteiger partial charge in [0, 0.05) is 12.1 Å². The van der Waals surface area contributed by atoms with Crippen LogP contribution < -0.4 is 10.3 Å². The maximum absolute atomic E-state index is 12.5. The van der Waals surface area contributed by atoms with Crippen LogP contribution in [0.15, 0.2) is 52.2 Å². The first-order chi connectivity index (χ1) is 11.8. The zero-order valence-corrected chi connectivity index (χ0v) is 15.2. The van der Waals surface area contributed by atoms with Gasteiger partial charge in [-0.25, -0.2) is 13.1 Å². The summed E-state index contributed by atoms with van der Waals surface area (Å²) in [5.41, 5.74) is 3.77. The predicted octanol–water partition coefficient (Wildman–Crippen LogP) is 2.93. The third kappa shape index (κ3) is 3.50. The van der Waals surface area contributed by atoms with E-state index >= 15 is 0 Å². The lowest BCUT2D eigenvalue weighted by Gasteiger charge is -2.09. The Balaban J connectivity index is 1.90. The lowest BCUT2D eigenvalue weighted by atomic mass is 10.1. The SMILES string of the molecule is Cc1ccc(S(=O)(=O)NCc2cc3cccc(C)c3[nH]c2=O)cc1C. The summed E-state index contributed by atoms with van der Waals surface area (Å²) in [6, 6.07) is 12.4. The van der Waals surface area contributed by atoms with E-state index < -0.39 is 10.0 Å². The van der Waals surface area contributed by atoms with Crippen molar-refractivity contribution in [2.45, 2.75) is 32.2 Å². The Morgan fingerprint density at radius 1 is 0.960 bits per heavy atom. The molecular weight excluding hydrogens is 336 g/mol. The molecule has 0 unspecified atom stereocenters. The van der Waals surface area contributed by atoms with Crippen molar-refractivity contribution in [2.24, 2.45) is 0 Å². The molecule has 2 N–H and O–H groups in total. The topological polar surface area (TPSA) is 79.0 Å². The van der Waals surface area contributed by atoms with Crippen molar-refractivity contribution in [3.8, 4) is 0 Å². The number of rotatable bonds is 4. The molecule has 3 rings (SSSR count). The molecular formula is C19H20N2O3S. The highest BCUT2D eigenvalue weighted by molar-refractivity contribution is 7.89. The van der Waals surface area contributed by atoms with E-state index in [9.17, 15) is 13.2 Å². The maximum atomic E-state index is 12.5. The Morgan fingerprint density at radius 2 is 1.72 bits per heavy atom. The van der Waals surface area contributed by atoms with Crippen LogP contribution in [0.2, 0.25) is 0 Å². The lowest BCUT2D eigenvalue weighted by molar-refractivity contribution is 0.581. The molecule has 2 aromatic carbocycles. The van der Waals surface area contributed by atoms with Crippen LogP contribution in [-0.2, 0) is 16.6 Å². The Labute approximate surface area is 146 Å². The van der Waals surface area contributed by atoms with Gasteiger partial charge in [-0.1, -0.05) is 24.3 Å². The summed E-state index contributed by atoms with van der Waals surface area (Å²) in [4.78, 5) is 15.3. The molecule has 0 aliphatic heterocycles. The summed E-state index contributed by atoms with van der Waals surface area (Å²) in [6.07, 6.45) is 0. The van der Waals surface area contributed by atoms with E-state index in [1.165, 1.54) is 0 Å². The number of aromatic nitrogens is 1. The average Bonchev–Trinajstić information content (AvgIpc) is 2.56. The molecule has 0 aliphatic carbocycles.